The lowest BCUT2D eigenvalue weighted by molar-refractivity contribution is -0.154. The molecule has 5 rings (SSSR count). The molecule has 0 radical (unpaired) electrons. The molecule has 2 heterocycles. The van der Waals surface area contributed by atoms with Gasteiger partial charge in [-0.05, 0) is 68.4 Å². The van der Waals surface area contributed by atoms with E-state index in [4.69, 9.17) is 23.4 Å². The van der Waals surface area contributed by atoms with Crippen LogP contribution in [-0.2, 0) is 13.9 Å². The van der Waals surface area contributed by atoms with Crippen molar-refractivity contribution in [3.05, 3.63) is 23.8 Å². The van der Waals surface area contributed by atoms with E-state index in [2.05, 4.69) is 45.7 Å². The number of rotatable bonds is 2. The van der Waals surface area contributed by atoms with Crippen LogP contribution in [0.3, 0.4) is 0 Å². The summed E-state index contributed by atoms with van der Waals surface area (Å²) >= 11 is 0. The van der Waals surface area contributed by atoms with Crippen LogP contribution in [0.25, 0.3) is 0 Å². The van der Waals surface area contributed by atoms with Crippen molar-refractivity contribution < 1.29 is 23.4 Å². The Morgan fingerprint density at radius 3 is 2.48 bits per heavy atom. The Morgan fingerprint density at radius 2 is 1.74 bits per heavy atom. The largest absolute Gasteiger partial charge is 0.454 e. The van der Waals surface area contributed by atoms with Gasteiger partial charge in [0.15, 0.2) is 25.6 Å². The topological polar surface area (TPSA) is 46.2 Å². The summed E-state index contributed by atoms with van der Waals surface area (Å²) in [6, 6.07) is 5.90. The highest BCUT2D eigenvalue weighted by Crippen LogP contribution is 2.59. The zero-order chi connectivity index (χ0) is 22.2. The smallest absolute Gasteiger partial charge is 0.231 e. The SMILES string of the molecule is CC1(C)O[C@@H]2[C@@H](O[Si](C)(C)C(C)(C)C)[C@H](C#Cc3ccc4c(c3)OCO4)[C@H]3C[C@H]3[C@@H]2O1. The summed E-state index contributed by atoms with van der Waals surface area (Å²) in [5.41, 5.74) is 0.943. The number of benzene rings is 1. The molecule has 1 aromatic carbocycles. The standard InChI is InChI=1S/C25H34O5Si/c1-24(2,3)31(6,7)30-22-16(10-8-15-9-11-19-20(12-15)27-14-26-19)17-13-18(17)21-23(22)29-25(4,5)28-21/h9,11-12,16-18,21-23H,13-14H2,1-7H3/t16-,17-,18-,21+,22+,23+/m1/s1. The summed E-state index contributed by atoms with van der Waals surface area (Å²) in [7, 11) is -2.01. The Morgan fingerprint density at radius 1 is 1.03 bits per heavy atom. The molecule has 6 heteroatoms. The van der Waals surface area contributed by atoms with Crippen molar-refractivity contribution >= 4 is 8.32 Å². The number of hydrogen-bond acceptors (Lipinski definition) is 5. The number of fused-ring (bicyclic) bond motifs is 4. The fourth-order valence-corrected chi connectivity index (χ4v) is 6.18. The minimum Gasteiger partial charge on any atom is -0.454 e. The summed E-state index contributed by atoms with van der Waals surface area (Å²) < 4.78 is 30.7. The van der Waals surface area contributed by atoms with Crippen molar-refractivity contribution in [2.45, 2.75) is 83.3 Å². The van der Waals surface area contributed by atoms with Crippen LogP contribution in [0.1, 0.15) is 46.6 Å². The van der Waals surface area contributed by atoms with Crippen LogP contribution in [0.15, 0.2) is 18.2 Å². The predicted octanol–water partition coefficient (Wildman–Crippen LogP) is 4.94. The first-order chi connectivity index (χ1) is 14.5. The average Bonchev–Trinajstić information content (AvgIpc) is 3.18. The van der Waals surface area contributed by atoms with Crippen LogP contribution in [-0.4, -0.2) is 39.2 Å². The van der Waals surface area contributed by atoms with Crippen molar-refractivity contribution in [3.8, 4) is 23.3 Å². The highest BCUT2D eigenvalue weighted by Gasteiger charge is 2.65. The van der Waals surface area contributed by atoms with Crippen molar-refractivity contribution in [3.63, 3.8) is 0 Å². The maximum absolute atomic E-state index is 7.01. The molecule has 0 bridgehead atoms. The average molecular weight is 443 g/mol. The first kappa shape index (κ1) is 21.3. The van der Waals surface area contributed by atoms with E-state index in [1.165, 1.54) is 0 Å². The number of hydrogen-bond donors (Lipinski definition) is 0. The minimum atomic E-state index is -2.01. The normalized spacial score (nSPS) is 35.1. The van der Waals surface area contributed by atoms with Gasteiger partial charge in [-0.3, -0.25) is 0 Å². The minimum absolute atomic E-state index is 0.0658. The molecule has 0 aromatic heterocycles. The second kappa shape index (κ2) is 6.99. The van der Waals surface area contributed by atoms with Gasteiger partial charge in [-0.2, -0.15) is 0 Å². The lowest BCUT2D eigenvalue weighted by Crippen LogP contribution is -2.54. The lowest BCUT2D eigenvalue weighted by atomic mass is 9.83. The molecule has 4 aliphatic rings. The van der Waals surface area contributed by atoms with Crippen molar-refractivity contribution in [1.82, 2.24) is 0 Å². The Bertz CT molecular complexity index is 937. The van der Waals surface area contributed by atoms with E-state index < -0.39 is 14.1 Å². The molecular formula is C25H34O5Si. The van der Waals surface area contributed by atoms with Gasteiger partial charge < -0.3 is 23.4 Å². The van der Waals surface area contributed by atoms with E-state index in [1.807, 2.05) is 32.0 Å². The molecule has 3 fully saturated rings. The highest BCUT2D eigenvalue weighted by atomic mass is 28.4. The van der Waals surface area contributed by atoms with Gasteiger partial charge in [-0.1, -0.05) is 32.6 Å². The summed E-state index contributed by atoms with van der Waals surface area (Å²) in [4.78, 5) is 0. The molecule has 0 spiro atoms. The van der Waals surface area contributed by atoms with Gasteiger partial charge in [0.1, 0.15) is 6.10 Å². The fourth-order valence-electron chi connectivity index (χ4n) is 4.86. The van der Waals surface area contributed by atoms with Gasteiger partial charge >= 0.3 is 0 Å². The van der Waals surface area contributed by atoms with Gasteiger partial charge in [0.2, 0.25) is 6.79 Å². The van der Waals surface area contributed by atoms with Gasteiger partial charge in [0.05, 0.1) is 18.1 Å². The number of ether oxygens (including phenoxy) is 4. The molecule has 1 aromatic rings. The summed E-state index contributed by atoms with van der Waals surface area (Å²) in [6.45, 7) is 15.8. The highest BCUT2D eigenvalue weighted by molar-refractivity contribution is 6.74. The molecule has 6 atom stereocenters. The van der Waals surface area contributed by atoms with E-state index >= 15 is 0 Å². The van der Waals surface area contributed by atoms with Gasteiger partial charge in [-0.15, -0.1) is 0 Å². The molecule has 31 heavy (non-hydrogen) atoms. The van der Waals surface area contributed by atoms with E-state index in [1.54, 1.807) is 0 Å². The van der Waals surface area contributed by atoms with Crippen LogP contribution in [0, 0.1) is 29.6 Å². The Hall–Kier alpha value is -1.52. The third-order valence-electron chi connectivity index (χ3n) is 7.61. The molecule has 1 saturated heterocycles. The molecule has 0 amide bonds. The van der Waals surface area contributed by atoms with E-state index in [0.717, 1.165) is 23.5 Å². The van der Waals surface area contributed by atoms with Crippen molar-refractivity contribution in [2.24, 2.45) is 17.8 Å². The van der Waals surface area contributed by atoms with E-state index in [9.17, 15) is 0 Å². The first-order valence-corrected chi connectivity index (χ1v) is 14.3. The predicted molar refractivity (Wildman–Crippen MR) is 120 cm³/mol. The fraction of sp³-hybridized carbons (Fsp3) is 0.680. The molecule has 2 aliphatic heterocycles. The molecule has 2 aliphatic carbocycles. The third kappa shape index (κ3) is 3.80. The van der Waals surface area contributed by atoms with Gasteiger partial charge in [0.25, 0.3) is 0 Å². The quantitative estimate of drug-likeness (QED) is 0.479. The molecule has 5 nitrogen and oxygen atoms in total. The van der Waals surface area contributed by atoms with Crippen LogP contribution in [0.5, 0.6) is 11.5 Å². The Kier molecular flexibility index (Phi) is 4.81. The second-order valence-corrected chi connectivity index (χ2v) is 16.1. The van der Waals surface area contributed by atoms with Crippen LogP contribution in [0.2, 0.25) is 18.1 Å². The van der Waals surface area contributed by atoms with Crippen molar-refractivity contribution in [1.29, 1.82) is 0 Å². The first-order valence-electron chi connectivity index (χ1n) is 11.4. The van der Waals surface area contributed by atoms with Crippen LogP contribution >= 0.6 is 0 Å². The zero-order valence-electron chi connectivity index (χ0n) is 19.7. The second-order valence-electron chi connectivity index (χ2n) is 11.3. The molecule has 0 N–H and O–H groups in total. The van der Waals surface area contributed by atoms with Crippen LogP contribution in [0.4, 0.5) is 0 Å². The molecule has 0 unspecified atom stereocenters. The molecule has 168 valence electrons. The lowest BCUT2D eigenvalue weighted by Gasteiger charge is -2.44. The Labute approximate surface area is 186 Å². The summed E-state index contributed by atoms with van der Waals surface area (Å²) in [5, 5.41) is 0.118. The molecular weight excluding hydrogens is 408 g/mol. The van der Waals surface area contributed by atoms with E-state index in [-0.39, 0.29) is 36.1 Å². The zero-order valence-corrected chi connectivity index (χ0v) is 20.7. The Balaban J connectivity index is 1.47. The monoisotopic (exact) mass is 442 g/mol. The molecule has 2 saturated carbocycles. The van der Waals surface area contributed by atoms with Crippen molar-refractivity contribution in [2.75, 3.05) is 6.79 Å². The summed E-state index contributed by atoms with van der Waals surface area (Å²) in [5.74, 6) is 9.15. The summed E-state index contributed by atoms with van der Waals surface area (Å²) in [6.07, 6.45) is 1.11. The van der Waals surface area contributed by atoms with Crippen LogP contribution < -0.4 is 9.47 Å². The van der Waals surface area contributed by atoms with E-state index in [0.29, 0.717) is 11.8 Å². The maximum atomic E-state index is 7.01. The van der Waals surface area contributed by atoms with Gasteiger partial charge in [-0.25, -0.2) is 0 Å². The van der Waals surface area contributed by atoms with Gasteiger partial charge in [0, 0.05) is 5.56 Å². The third-order valence-corrected chi connectivity index (χ3v) is 12.1. The maximum Gasteiger partial charge on any atom is 0.231 e.